The standard InChI is InChI=1S/C15H28N2O2/c1-11-6-7-17(10-14(11)19-2)15(18)13-5-3-4-12(8-13)9-16/h11-14H,3-10,16H2,1-2H3. The van der Waals surface area contributed by atoms with Crippen molar-refractivity contribution in [2.45, 2.75) is 45.1 Å². The van der Waals surface area contributed by atoms with Gasteiger partial charge in [-0.25, -0.2) is 0 Å². The monoisotopic (exact) mass is 268 g/mol. The molecule has 19 heavy (non-hydrogen) atoms. The Morgan fingerprint density at radius 3 is 2.84 bits per heavy atom. The number of carbonyl (C=O) groups excluding carboxylic acids is 1. The summed E-state index contributed by atoms with van der Waals surface area (Å²) in [5, 5.41) is 0. The van der Waals surface area contributed by atoms with Gasteiger partial charge < -0.3 is 15.4 Å². The van der Waals surface area contributed by atoms with Crippen LogP contribution in [-0.4, -0.2) is 43.7 Å². The van der Waals surface area contributed by atoms with Crippen LogP contribution in [0.2, 0.25) is 0 Å². The van der Waals surface area contributed by atoms with Gasteiger partial charge in [0.2, 0.25) is 5.91 Å². The van der Waals surface area contributed by atoms with Gasteiger partial charge in [0.1, 0.15) is 0 Å². The van der Waals surface area contributed by atoms with E-state index in [9.17, 15) is 4.79 Å². The van der Waals surface area contributed by atoms with Gasteiger partial charge in [-0.15, -0.1) is 0 Å². The van der Waals surface area contributed by atoms with Crippen LogP contribution < -0.4 is 5.73 Å². The van der Waals surface area contributed by atoms with Crippen LogP contribution in [0.15, 0.2) is 0 Å². The Balaban J connectivity index is 1.92. The molecule has 0 aromatic carbocycles. The smallest absolute Gasteiger partial charge is 0.225 e. The minimum Gasteiger partial charge on any atom is -0.379 e. The molecule has 0 aromatic heterocycles. The van der Waals surface area contributed by atoms with Gasteiger partial charge in [-0.3, -0.25) is 4.79 Å². The molecule has 2 N–H and O–H groups in total. The molecule has 110 valence electrons. The van der Waals surface area contributed by atoms with E-state index in [1.165, 1.54) is 6.42 Å². The molecule has 2 aliphatic rings. The van der Waals surface area contributed by atoms with Crippen molar-refractivity contribution < 1.29 is 9.53 Å². The SMILES string of the molecule is COC1CN(C(=O)C2CCCC(CN)C2)CCC1C. The maximum absolute atomic E-state index is 12.6. The first-order valence-electron chi connectivity index (χ1n) is 7.67. The molecule has 4 unspecified atom stereocenters. The first kappa shape index (κ1) is 14.8. The van der Waals surface area contributed by atoms with E-state index in [-0.39, 0.29) is 12.0 Å². The van der Waals surface area contributed by atoms with Crippen LogP contribution in [0, 0.1) is 17.8 Å². The summed E-state index contributed by atoms with van der Waals surface area (Å²) in [6, 6.07) is 0. The average Bonchev–Trinajstić information content (AvgIpc) is 2.47. The first-order chi connectivity index (χ1) is 9.15. The van der Waals surface area contributed by atoms with Crippen molar-refractivity contribution in [3.63, 3.8) is 0 Å². The van der Waals surface area contributed by atoms with E-state index in [0.717, 1.165) is 45.3 Å². The molecule has 0 bridgehead atoms. The van der Waals surface area contributed by atoms with E-state index in [1.54, 1.807) is 7.11 Å². The molecule has 1 saturated heterocycles. The highest BCUT2D eigenvalue weighted by Gasteiger charge is 2.34. The zero-order valence-corrected chi connectivity index (χ0v) is 12.3. The summed E-state index contributed by atoms with van der Waals surface area (Å²) in [5.41, 5.74) is 5.76. The topological polar surface area (TPSA) is 55.6 Å². The third-order valence-electron chi connectivity index (χ3n) is 4.97. The van der Waals surface area contributed by atoms with Crippen LogP contribution in [0.1, 0.15) is 39.0 Å². The van der Waals surface area contributed by atoms with E-state index in [1.807, 2.05) is 4.90 Å². The molecule has 1 saturated carbocycles. The number of nitrogens with zero attached hydrogens (tertiary/aromatic N) is 1. The molecule has 1 aliphatic carbocycles. The van der Waals surface area contributed by atoms with Crippen LogP contribution in [0.3, 0.4) is 0 Å². The third kappa shape index (κ3) is 3.48. The van der Waals surface area contributed by atoms with Gasteiger partial charge in [0.15, 0.2) is 0 Å². The van der Waals surface area contributed by atoms with Gasteiger partial charge in [-0.2, -0.15) is 0 Å². The van der Waals surface area contributed by atoms with Crippen LogP contribution in [0.25, 0.3) is 0 Å². The molecule has 2 rings (SSSR count). The molecule has 4 heteroatoms. The molecule has 0 aromatic rings. The fourth-order valence-electron chi connectivity index (χ4n) is 3.53. The number of amides is 1. The molecule has 0 radical (unpaired) electrons. The number of nitrogens with two attached hydrogens (primary N) is 1. The fraction of sp³-hybridized carbons (Fsp3) is 0.933. The van der Waals surface area contributed by atoms with Gasteiger partial charge in [0.05, 0.1) is 6.10 Å². The minimum absolute atomic E-state index is 0.201. The molecule has 1 aliphatic heterocycles. The van der Waals surface area contributed by atoms with Crippen LogP contribution in [-0.2, 0) is 9.53 Å². The quantitative estimate of drug-likeness (QED) is 0.846. The lowest BCUT2D eigenvalue weighted by molar-refractivity contribution is -0.142. The van der Waals surface area contributed by atoms with E-state index >= 15 is 0 Å². The molecule has 4 nitrogen and oxygen atoms in total. The summed E-state index contributed by atoms with van der Waals surface area (Å²) < 4.78 is 5.50. The summed E-state index contributed by atoms with van der Waals surface area (Å²) in [7, 11) is 1.75. The second-order valence-corrected chi connectivity index (χ2v) is 6.29. The largest absolute Gasteiger partial charge is 0.379 e. The minimum atomic E-state index is 0.201. The summed E-state index contributed by atoms with van der Waals surface area (Å²) in [4.78, 5) is 14.6. The number of hydrogen-bond donors (Lipinski definition) is 1. The summed E-state index contributed by atoms with van der Waals surface area (Å²) in [6.07, 6.45) is 5.62. The van der Waals surface area contributed by atoms with E-state index in [2.05, 4.69) is 6.92 Å². The Hall–Kier alpha value is -0.610. The van der Waals surface area contributed by atoms with Crippen LogP contribution in [0.4, 0.5) is 0 Å². The average molecular weight is 268 g/mol. The number of hydrogen-bond acceptors (Lipinski definition) is 3. The number of piperidine rings is 1. The Morgan fingerprint density at radius 2 is 2.16 bits per heavy atom. The van der Waals surface area contributed by atoms with Gasteiger partial charge >= 0.3 is 0 Å². The predicted molar refractivity (Wildman–Crippen MR) is 75.7 cm³/mol. The maximum atomic E-state index is 12.6. The van der Waals surface area contributed by atoms with Crippen molar-refractivity contribution in [3.8, 4) is 0 Å². The highest BCUT2D eigenvalue weighted by Crippen LogP contribution is 2.31. The number of carbonyl (C=O) groups is 1. The lowest BCUT2D eigenvalue weighted by atomic mass is 9.80. The summed E-state index contributed by atoms with van der Waals surface area (Å²) >= 11 is 0. The second-order valence-electron chi connectivity index (χ2n) is 6.29. The highest BCUT2D eigenvalue weighted by atomic mass is 16.5. The van der Waals surface area contributed by atoms with Crippen molar-refractivity contribution in [1.82, 2.24) is 4.90 Å². The molecule has 0 spiro atoms. The van der Waals surface area contributed by atoms with Gasteiger partial charge in [-0.05, 0) is 44.1 Å². The Kier molecular flexibility index (Phi) is 5.22. The van der Waals surface area contributed by atoms with Gasteiger partial charge in [-0.1, -0.05) is 13.3 Å². The normalized spacial score (nSPS) is 36.3. The van der Waals surface area contributed by atoms with Crippen molar-refractivity contribution in [3.05, 3.63) is 0 Å². The van der Waals surface area contributed by atoms with Gasteiger partial charge in [0, 0.05) is 26.1 Å². The zero-order chi connectivity index (χ0) is 13.8. The number of rotatable bonds is 3. The predicted octanol–water partition coefficient (Wildman–Crippen LogP) is 1.63. The van der Waals surface area contributed by atoms with Crippen molar-refractivity contribution in [2.24, 2.45) is 23.5 Å². The fourth-order valence-corrected chi connectivity index (χ4v) is 3.53. The molecular formula is C15H28N2O2. The highest BCUT2D eigenvalue weighted by molar-refractivity contribution is 5.79. The lowest BCUT2D eigenvalue weighted by Gasteiger charge is -2.39. The van der Waals surface area contributed by atoms with Crippen molar-refractivity contribution in [2.75, 3.05) is 26.7 Å². The summed E-state index contributed by atoms with van der Waals surface area (Å²) in [6.45, 7) is 4.59. The van der Waals surface area contributed by atoms with E-state index in [4.69, 9.17) is 10.5 Å². The van der Waals surface area contributed by atoms with E-state index < -0.39 is 0 Å². The zero-order valence-electron chi connectivity index (χ0n) is 12.3. The molecule has 1 heterocycles. The lowest BCUT2D eigenvalue weighted by Crippen LogP contribution is -2.49. The van der Waals surface area contributed by atoms with Crippen LogP contribution >= 0.6 is 0 Å². The Bertz CT molecular complexity index is 309. The Labute approximate surface area is 116 Å². The second kappa shape index (κ2) is 6.71. The number of likely N-dealkylation sites (tertiary alicyclic amines) is 1. The third-order valence-corrected chi connectivity index (χ3v) is 4.97. The molecule has 4 atom stereocenters. The van der Waals surface area contributed by atoms with Crippen molar-refractivity contribution >= 4 is 5.91 Å². The Morgan fingerprint density at radius 1 is 1.37 bits per heavy atom. The molecule has 2 fully saturated rings. The summed E-state index contributed by atoms with van der Waals surface area (Å²) in [5.74, 6) is 1.64. The van der Waals surface area contributed by atoms with Gasteiger partial charge in [0.25, 0.3) is 0 Å². The maximum Gasteiger partial charge on any atom is 0.225 e. The first-order valence-corrected chi connectivity index (χ1v) is 7.67. The number of ether oxygens (including phenoxy) is 1. The van der Waals surface area contributed by atoms with Crippen molar-refractivity contribution in [1.29, 1.82) is 0 Å². The van der Waals surface area contributed by atoms with Crippen LogP contribution in [0.5, 0.6) is 0 Å². The van der Waals surface area contributed by atoms with E-state index in [0.29, 0.717) is 17.7 Å². The molecular weight excluding hydrogens is 240 g/mol. The molecule has 1 amide bonds. The number of methoxy groups -OCH3 is 1.